The fraction of sp³-hybridized carbons (Fsp3) is 0.138. The van der Waals surface area contributed by atoms with Crippen LogP contribution in [0.25, 0.3) is 98.4 Å². The fourth-order valence-electron chi connectivity index (χ4n) is 8.24. The van der Waals surface area contributed by atoms with E-state index in [1.165, 1.54) is 98.4 Å². The van der Waals surface area contributed by atoms with Crippen LogP contribution in [0.2, 0.25) is 0 Å². The van der Waals surface area contributed by atoms with Gasteiger partial charge in [-0.1, -0.05) is 251 Å². The molecule has 0 saturated heterocycles. The Hall–Kier alpha value is -6.50. The molecule has 0 fully saturated rings. The molecule has 0 nitrogen and oxygen atoms in total. The molecule has 0 saturated carbocycles. The average molecular weight is 755 g/mol. The van der Waals surface area contributed by atoms with E-state index in [4.69, 9.17) is 0 Å². The van der Waals surface area contributed by atoms with E-state index in [9.17, 15) is 0 Å². The predicted molar refractivity (Wildman–Crippen MR) is 263 cm³/mol. The van der Waals surface area contributed by atoms with Gasteiger partial charge in [0, 0.05) is 0 Å². The maximum atomic E-state index is 2.35. The summed E-state index contributed by atoms with van der Waals surface area (Å²) in [6, 6.07) is 71.3. The van der Waals surface area contributed by atoms with Crippen LogP contribution in [-0.4, -0.2) is 0 Å². The Bertz CT molecular complexity index is 2840. The number of hydrogen-bond donors (Lipinski definition) is 0. The Morgan fingerprint density at radius 3 is 1.02 bits per heavy atom. The predicted octanol–water partition coefficient (Wildman–Crippen LogP) is 18.5. The van der Waals surface area contributed by atoms with E-state index < -0.39 is 0 Å². The summed E-state index contributed by atoms with van der Waals surface area (Å²) in [4.78, 5) is 0. The van der Waals surface area contributed by atoms with E-state index in [0.29, 0.717) is 0 Å². The molecular formula is C58H58. The minimum Gasteiger partial charge on any atom is -0.0776 e. The van der Waals surface area contributed by atoms with E-state index in [1.54, 1.807) is 0 Å². The lowest BCUT2D eigenvalue weighted by atomic mass is 9.83. The van der Waals surface area contributed by atoms with Crippen molar-refractivity contribution in [2.45, 2.75) is 56.4 Å². The zero-order chi connectivity index (χ0) is 39.0. The van der Waals surface area contributed by atoms with E-state index >= 15 is 0 Å². The lowest BCUT2D eigenvalue weighted by Gasteiger charge is -2.20. The first-order valence-electron chi connectivity index (χ1n) is 20.4. The second-order valence-electron chi connectivity index (χ2n) is 13.2. The first-order chi connectivity index (χ1) is 27.8. The van der Waals surface area contributed by atoms with Crippen molar-refractivity contribution in [3.63, 3.8) is 0 Å². The van der Waals surface area contributed by atoms with Gasteiger partial charge in [-0.25, -0.2) is 0 Å². The van der Waals surface area contributed by atoms with Crippen molar-refractivity contribution in [3.05, 3.63) is 194 Å². The van der Waals surface area contributed by atoms with Gasteiger partial charge in [0.05, 0.1) is 0 Å². The van der Waals surface area contributed by atoms with Gasteiger partial charge in [-0.2, -0.15) is 0 Å². The van der Waals surface area contributed by atoms with E-state index in [-0.39, 0.29) is 14.9 Å². The van der Waals surface area contributed by atoms with Crippen LogP contribution in [0.15, 0.2) is 194 Å². The maximum absolute atomic E-state index is 2.35. The van der Waals surface area contributed by atoms with Crippen LogP contribution in [0.5, 0.6) is 0 Å². The van der Waals surface area contributed by atoms with Gasteiger partial charge in [0.15, 0.2) is 0 Å². The minimum atomic E-state index is 0. The number of fused-ring (bicyclic) bond motifs is 5. The molecule has 0 unspecified atom stereocenters. The lowest BCUT2D eigenvalue weighted by molar-refractivity contribution is 1.50. The highest BCUT2D eigenvalue weighted by Gasteiger charge is 2.19. The molecule has 0 heterocycles. The van der Waals surface area contributed by atoms with Crippen LogP contribution in [-0.2, 0) is 0 Å². The molecule has 10 aromatic carbocycles. The third-order valence-corrected chi connectivity index (χ3v) is 10.5. The van der Waals surface area contributed by atoms with Gasteiger partial charge in [-0.05, 0) is 98.4 Å². The van der Waals surface area contributed by atoms with Crippen molar-refractivity contribution >= 4 is 53.9 Å². The van der Waals surface area contributed by atoms with Crippen molar-refractivity contribution in [1.82, 2.24) is 0 Å². The molecule has 0 aliphatic carbocycles. The van der Waals surface area contributed by atoms with Crippen LogP contribution in [0.4, 0.5) is 0 Å². The molecule has 0 aliphatic rings. The minimum absolute atomic E-state index is 0. The van der Waals surface area contributed by atoms with Crippen LogP contribution in [0.3, 0.4) is 0 Å². The first kappa shape index (κ1) is 42.6. The van der Waals surface area contributed by atoms with Crippen LogP contribution in [0, 0.1) is 0 Å². The zero-order valence-corrected chi connectivity index (χ0v) is 33.5. The molecule has 0 spiro atoms. The van der Waals surface area contributed by atoms with Crippen LogP contribution < -0.4 is 0 Å². The Morgan fingerprint density at radius 1 is 0.207 bits per heavy atom. The second-order valence-corrected chi connectivity index (χ2v) is 13.2. The molecule has 58 heavy (non-hydrogen) atoms. The normalized spacial score (nSPS) is 10.3. The Labute approximate surface area is 347 Å². The molecule has 0 radical (unpaired) electrons. The monoisotopic (exact) mass is 754 g/mol. The molecule has 0 atom stereocenters. The second kappa shape index (κ2) is 19.6. The molecular weight excluding hydrogens is 697 g/mol. The van der Waals surface area contributed by atoms with Gasteiger partial charge in [-0.3, -0.25) is 0 Å². The van der Waals surface area contributed by atoms with Crippen LogP contribution in [0.1, 0.15) is 56.4 Å². The summed E-state index contributed by atoms with van der Waals surface area (Å²) in [7, 11) is 0. The third kappa shape index (κ3) is 7.63. The molecule has 0 bridgehead atoms. The summed E-state index contributed by atoms with van der Waals surface area (Å²) in [6.45, 7) is 12.0. The van der Waals surface area contributed by atoms with Crippen molar-refractivity contribution in [1.29, 1.82) is 0 Å². The number of benzene rings is 10. The van der Waals surface area contributed by atoms with Gasteiger partial charge in [0.1, 0.15) is 0 Å². The summed E-state index contributed by atoms with van der Waals surface area (Å²) in [6.07, 6.45) is 0. The Morgan fingerprint density at radius 2 is 0.517 bits per heavy atom. The van der Waals surface area contributed by atoms with Gasteiger partial charge in [0.25, 0.3) is 0 Å². The molecule has 0 amide bonds. The molecule has 0 heteroatoms. The molecule has 10 rings (SSSR count). The highest BCUT2D eigenvalue weighted by molar-refractivity contribution is 6.24. The standard InChI is InChI=1S/C50H32.3C2H6.2CH4/c1-3-17-37-33(13-1)15-11-25-38(37)35-27-29-36(30-28-35)49-44-21-7-9-23-46(44)50(47-24-10-8-22-45(47)49)48-32-31-43(41-19-5-6-20-42(41)48)40-26-12-16-34-14-2-4-18-39(34)40;3*1-2;;/h1-32H;3*1-2H3;2*1H4. The molecule has 10 aromatic rings. The third-order valence-electron chi connectivity index (χ3n) is 10.5. The summed E-state index contributed by atoms with van der Waals surface area (Å²) in [5.41, 5.74) is 10.1. The quantitative estimate of drug-likeness (QED) is 0.157. The first-order valence-corrected chi connectivity index (χ1v) is 20.4. The van der Waals surface area contributed by atoms with E-state index in [2.05, 4.69) is 194 Å². The van der Waals surface area contributed by atoms with Crippen molar-refractivity contribution < 1.29 is 0 Å². The zero-order valence-electron chi connectivity index (χ0n) is 33.5. The summed E-state index contributed by atoms with van der Waals surface area (Å²) in [5, 5.41) is 12.7. The Balaban J connectivity index is 0.000000768. The van der Waals surface area contributed by atoms with Crippen LogP contribution >= 0.6 is 0 Å². The fourth-order valence-corrected chi connectivity index (χ4v) is 8.24. The summed E-state index contributed by atoms with van der Waals surface area (Å²) >= 11 is 0. The summed E-state index contributed by atoms with van der Waals surface area (Å²) < 4.78 is 0. The van der Waals surface area contributed by atoms with Crippen molar-refractivity contribution in [2.75, 3.05) is 0 Å². The summed E-state index contributed by atoms with van der Waals surface area (Å²) in [5.74, 6) is 0. The van der Waals surface area contributed by atoms with Crippen molar-refractivity contribution in [3.8, 4) is 44.5 Å². The SMILES string of the molecule is C.C.CC.CC.CC.c1ccc2c(-c3ccc(-c4c5ccccc5c(-c5ccc(-c6cccc7ccccc67)c6ccccc56)c5ccccc45)cc3)cccc2c1. The molecule has 0 N–H and O–H groups in total. The van der Waals surface area contributed by atoms with Crippen molar-refractivity contribution in [2.24, 2.45) is 0 Å². The van der Waals surface area contributed by atoms with Gasteiger partial charge in [0.2, 0.25) is 0 Å². The van der Waals surface area contributed by atoms with Gasteiger partial charge < -0.3 is 0 Å². The molecule has 290 valence electrons. The molecule has 0 aliphatic heterocycles. The number of rotatable bonds is 4. The van der Waals surface area contributed by atoms with E-state index in [1.807, 2.05) is 41.5 Å². The van der Waals surface area contributed by atoms with Gasteiger partial charge >= 0.3 is 0 Å². The smallest absolute Gasteiger partial charge is 0.00201 e. The largest absolute Gasteiger partial charge is 0.0776 e. The maximum Gasteiger partial charge on any atom is -0.00201 e. The van der Waals surface area contributed by atoms with E-state index in [0.717, 1.165) is 0 Å². The average Bonchev–Trinajstić information content (AvgIpc) is 3.30. The highest BCUT2D eigenvalue weighted by atomic mass is 14.2. The van der Waals surface area contributed by atoms with Gasteiger partial charge in [-0.15, -0.1) is 0 Å². The molecule has 0 aromatic heterocycles. The number of hydrogen-bond acceptors (Lipinski definition) is 0. The Kier molecular flexibility index (Phi) is 14.4. The highest BCUT2D eigenvalue weighted by Crippen LogP contribution is 2.47. The topological polar surface area (TPSA) is 0 Å². The lowest BCUT2D eigenvalue weighted by Crippen LogP contribution is -1.93.